The molecule has 4 heteroatoms. The minimum atomic E-state index is -0.258. The fraction of sp³-hybridized carbons (Fsp3) is 0.571. The first-order chi connectivity index (χ1) is 8.51. The Hall–Kier alpha value is -1.26. The van der Waals surface area contributed by atoms with Crippen LogP contribution in [0.5, 0.6) is 11.5 Å². The first-order valence-electron chi connectivity index (χ1n) is 6.19. The maximum Gasteiger partial charge on any atom is 0.167 e. The molecule has 1 aromatic rings. The van der Waals surface area contributed by atoms with Crippen LogP contribution in [0.25, 0.3) is 0 Å². The molecule has 4 nitrogen and oxygen atoms in total. The van der Waals surface area contributed by atoms with Gasteiger partial charge in [0.05, 0.1) is 6.61 Å². The Bertz CT molecular complexity index is 424. The lowest BCUT2D eigenvalue weighted by Gasteiger charge is -2.25. The molecule has 0 aliphatic carbocycles. The summed E-state index contributed by atoms with van der Waals surface area (Å²) >= 11 is 0. The number of methoxy groups -OCH3 is 1. The van der Waals surface area contributed by atoms with Crippen LogP contribution >= 0.6 is 0 Å². The minimum absolute atomic E-state index is 0.258. The number of nitrogens with two attached hydrogens (primary N) is 1. The second kappa shape index (κ2) is 5.16. The predicted octanol–water partition coefficient (Wildman–Crippen LogP) is 1.88. The molecule has 0 atom stereocenters. The van der Waals surface area contributed by atoms with E-state index in [-0.39, 0.29) is 5.54 Å². The van der Waals surface area contributed by atoms with E-state index in [9.17, 15) is 0 Å². The molecular weight excluding hydrogens is 230 g/mol. The SMILES string of the molecule is COCc1c(CC(C)(C)N)ccc2c1OCCO2. The van der Waals surface area contributed by atoms with Crippen molar-refractivity contribution in [3.8, 4) is 11.5 Å². The monoisotopic (exact) mass is 251 g/mol. The van der Waals surface area contributed by atoms with E-state index in [1.807, 2.05) is 19.9 Å². The van der Waals surface area contributed by atoms with Gasteiger partial charge in [-0.1, -0.05) is 6.07 Å². The first-order valence-corrected chi connectivity index (χ1v) is 6.19. The second-order valence-corrected chi connectivity index (χ2v) is 5.33. The highest BCUT2D eigenvalue weighted by molar-refractivity contribution is 5.51. The summed E-state index contributed by atoms with van der Waals surface area (Å²) in [5.74, 6) is 1.61. The van der Waals surface area contributed by atoms with E-state index < -0.39 is 0 Å². The minimum Gasteiger partial charge on any atom is -0.486 e. The molecule has 0 fully saturated rings. The van der Waals surface area contributed by atoms with E-state index in [0.29, 0.717) is 19.8 Å². The molecule has 2 N–H and O–H groups in total. The lowest BCUT2D eigenvalue weighted by Crippen LogP contribution is -2.35. The first kappa shape index (κ1) is 13.2. The third-order valence-electron chi connectivity index (χ3n) is 2.84. The van der Waals surface area contributed by atoms with Crippen LogP contribution in [0.2, 0.25) is 0 Å². The highest BCUT2D eigenvalue weighted by atomic mass is 16.6. The van der Waals surface area contributed by atoms with Gasteiger partial charge < -0.3 is 19.9 Å². The molecule has 0 saturated carbocycles. The Morgan fingerprint density at radius 3 is 2.67 bits per heavy atom. The molecule has 2 rings (SSSR count). The van der Waals surface area contributed by atoms with E-state index in [4.69, 9.17) is 19.9 Å². The van der Waals surface area contributed by atoms with Crippen molar-refractivity contribution in [1.29, 1.82) is 0 Å². The van der Waals surface area contributed by atoms with Gasteiger partial charge in [0.15, 0.2) is 11.5 Å². The third-order valence-corrected chi connectivity index (χ3v) is 2.84. The molecule has 0 spiro atoms. The fourth-order valence-corrected chi connectivity index (χ4v) is 2.17. The van der Waals surface area contributed by atoms with Crippen LogP contribution in [0.3, 0.4) is 0 Å². The molecule has 1 aliphatic heterocycles. The molecule has 1 aliphatic rings. The van der Waals surface area contributed by atoms with Crippen molar-refractivity contribution in [2.45, 2.75) is 32.4 Å². The largest absolute Gasteiger partial charge is 0.486 e. The van der Waals surface area contributed by atoms with Crippen molar-refractivity contribution in [1.82, 2.24) is 0 Å². The standard InChI is InChI=1S/C14H21NO3/c1-14(2,15)8-10-4-5-12-13(11(10)9-16-3)18-7-6-17-12/h4-5H,6-9,15H2,1-3H3. The Labute approximate surface area is 108 Å². The average Bonchev–Trinajstić information content (AvgIpc) is 2.31. The van der Waals surface area contributed by atoms with E-state index >= 15 is 0 Å². The number of rotatable bonds is 4. The van der Waals surface area contributed by atoms with Crippen LogP contribution in [-0.4, -0.2) is 25.9 Å². The molecule has 18 heavy (non-hydrogen) atoms. The maximum absolute atomic E-state index is 6.10. The zero-order valence-corrected chi connectivity index (χ0v) is 11.3. The molecule has 0 saturated heterocycles. The molecule has 0 radical (unpaired) electrons. The maximum atomic E-state index is 6.10. The number of benzene rings is 1. The van der Waals surface area contributed by atoms with Crippen LogP contribution in [-0.2, 0) is 17.8 Å². The van der Waals surface area contributed by atoms with Crippen LogP contribution in [0, 0.1) is 0 Å². The van der Waals surface area contributed by atoms with Gasteiger partial charge in [0.25, 0.3) is 0 Å². The summed E-state index contributed by atoms with van der Waals surface area (Å²) in [5, 5.41) is 0. The fourth-order valence-electron chi connectivity index (χ4n) is 2.17. The van der Waals surface area contributed by atoms with E-state index in [1.165, 1.54) is 0 Å². The van der Waals surface area contributed by atoms with Gasteiger partial charge in [0.2, 0.25) is 0 Å². The zero-order valence-electron chi connectivity index (χ0n) is 11.3. The van der Waals surface area contributed by atoms with Crippen molar-refractivity contribution in [3.05, 3.63) is 23.3 Å². The Kier molecular flexibility index (Phi) is 3.78. The lowest BCUT2D eigenvalue weighted by molar-refractivity contribution is 0.152. The quantitative estimate of drug-likeness (QED) is 0.887. The highest BCUT2D eigenvalue weighted by Gasteiger charge is 2.22. The van der Waals surface area contributed by atoms with Crippen LogP contribution in [0.15, 0.2) is 12.1 Å². The smallest absolute Gasteiger partial charge is 0.167 e. The van der Waals surface area contributed by atoms with Gasteiger partial charge in [0.1, 0.15) is 13.2 Å². The predicted molar refractivity (Wildman–Crippen MR) is 70.1 cm³/mol. The normalized spacial score (nSPS) is 14.7. The molecule has 1 heterocycles. The summed E-state index contributed by atoms with van der Waals surface area (Å²) < 4.78 is 16.6. The van der Waals surface area contributed by atoms with Crippen LogP contribution in [0.1, 0.15) is 25.0 Å². The Morgan fingerprint density at radius 2 is 2.00 bits per heavy atom. The van der Waals surface area contributed by atoms with Crippen molar-refractivity contribution < 1.29 is 14.2 Å². The lowest BCUT2D eigenvalue weighted by atomic mass is 9.92. The van der Waals surface area contributed by atoms with Crippen molar-refractivity contribution in [3.63, 3.8) is 0 Å². The molecule has 0 amide bonds. The average molecular weight is 251 g/mol. The van der Waals surface area contributed by atoms with E-state index in [0.717, 1.165) is 29.0 Å². The highest BCUT2D eigenvalue weighted by Crippen LogP contribution is 2.37. The van der Waals surface area contributed by atoms with E-state index in [1.54, 1.807) is 7.11 Å². The number of hydrogen-bond donors (Lipinski definition) is 1. The van der Waals surface area contributed by atoms with Gasteiger partial charge in [-0.2, -0.15) is 0 Å². The van der Waals surface area contributed by atoms with Crippen molar-refractivity contribution in [2.24, 2.45) is 5.73 Å². The summed E-state index contributed by atoms with van der Waals surface area (Å²) in [7, 11) is 1.68. The van der Waals surface area contributed by atoms with E-state index in [2.05, 4.69) is 6.07 Å². The third kappa shape index (κ3) is 2.94. The molecule has 0 unspecified atom stereocenters. The molecule has 100 valence electrons. The summed E-state index contributed by atoms with van der Waals surface area (Å²) in [6.07, 6.45) is 0.780. The number of fused-ring (bicyclic) bond motifs is 1. The van der Waals surface area contributed by atoms with Gasteiger partial charge in [-0.25, -0.2) is 0 Å². The van der Waals surface area contributed by atoms with Crippen molar-refractivity contribution >= 4 is 0 Å². The van der Waals surface area contributed by atoms with Crippen molar-refractivity contribution in [2.75, 3.05) is 20.3 Å². The van der Waals surface area contributed by atoms with Gasteiger partial charge in [-0.3, -0.25) is 0 Å². The summed E-state index contributed by atoms with van der Waals surface area (Å²) in [4.78, 5) is 0. The molecule has 0 aromatic heterocycles. The summed E-state index contributed by atoms with van der Waals surface area (Å²) in [5.41, 5.74) is 8.05. The van der Waals surface area contributed by atoms with Gasteiger partial charge >= 0.3 is 0 Å². The second-order valence-electron chi connectivity index (χ2n) is 5.33. The zero-order chi connectivity index (χ0) is 13.2. The number of hydrogen-bond acceptors (Lipinski definition) is 4. The van der Waals surface area contributed by atoms with Gasteiger partial charge in [-0.05, 0) is 31.9 Å². The van der Waals surface area contributed by atoms with Crippen LogP contribution < -0.4 is 15.2 Å². The van der Waals surface area contributed by atoms with Gasteiger partial charge in [-0.15, -0.1) is 0 Å². The number of ether oxygens (including phenoxy) is 3. The van der Waals surface area contributed by atoms with Crippen LogP contribution in [0.4, 0.5) is 0 Å². The Morgan fingerprint density at radius 1 is 1.28 bits per heavy atom. The van der Waals surface area contributed by atoms with Gasteiger partial charge in [0, 0.05) is 18.2 Å². The summed E-state index contributed by atoms with van der Waals surface area (Å²) in [6.45, 7) is 5.72. The molecule has 1 aromatic carbocycles. The Balaban J connectivity index is 2.39. The molecule has 0 bridgehead atoms. The summed E-state index contributed by atoms with van der Waals surface area (Å²) in [6, 6.07) is 4.01. The molecular formula is C14H21NO3. The topological polar surface area (TPSA) is 53.7 Å².